The van der Waals surface area contributed by atoms with E-state index in [0.29, 0.717) is 35.1 Å². The molecule has 2 atom stereocenters. The average molecular weight is 794 g/mol. The van der Waals surface area contributed by atoms with E-state index in [1.165, 1.54) is 17.0 Å². The molecular formula is C42H46N2O6Sn. The maximum atomic E-state index is 14.7. The van der Waals surface area contributed by atoms with Crippen molar-refractivity contribution in [1.29, 1.82) is 0 Å². The van der Waals surface area contributed by atoms with Gasteiger partial charge in [-0.2, -0.15) is 0 Å². The van der Waals surface area contributed by atoms with Crippen molar-refractivity contribution < 1.29 is 28.7 Å². The third kappa shape index (κ3) is 4.51. The standard InChI is InChI=1S/C34H28N2O6.2C4H9.Sn/c1-5-17(15-41-3)35-31(37)23-11-7-19-21-9-13-25-30-26(34(40)36(33(25)39)18(6-2)16-42-4)14-10-22(28(21)30)20-8-12-24(32(35)38)29(23)27(19)20;2*1-3-4-2;/h7,9,11-14,17-18H,5-6,15-16H2,1-4H3;2*1,3-4H2,2H3;. The van der Waals surface area contributed by atoms with Gasteiger partial charge in [0.15, 0.2) is 0 Å². The summed E-state index contributed by atoms with van der Waals surface area (Å²) in [7, 11) is 3.21. The van der Waals surface area contributed by atoms with Crippen LogP contribution in [0.25, 0.3) is 43.1 Å². The van der Waals surface area contributed by atoms with E-state index in [2.05, 4.69) is 26.0 Å². The Kier molecular flexibility index (Phi) is 8.66. The van der Waals surface area contributed by atoms with Crippen molar-refractivity contribution >= 4 is 92.3 Å². The van der Waals surface area contributed by atoms with Gasteiger partial charge in [-0.25, -0.2) is 0 Å². The van der Waals surface area contributed by atoms with Gasteiger partial charge in [-0.3, -0.25) is 0 Å². The molecule has 8 rings (SSSR count). The van der Waals surface area contributed by atoms with Crippen LogP contribution in [-0.2, 0) is 9.47 Å². The van der Waals surface area contributed by atoms with Gasteiger partial charge < -0.3 is 0 Å². The fraction of sp³-hybridized carbons (Fsp3) is 0.429. The summed E-state index contributed by atoms with van der Waals surface area (Å²) in [6.45, 7) is 9.00. The summed E-state index contributed by atoms with van der Waals surface area (Å²) >= 11 is -3.71. The van der Waals surface area contributed by atoms with E-state index in [1.807, 2.05) is 38.1 Å². The number of unbranched alkanes of at least 4 members (excludes halogenated alkanes) is 2. The van der Waals surface area contributed by atoms with Crippen LogP contribution in [0.4, 0.5) is 0 Å². The molecule has 0 N–H and O–H groups in total. The fourth-order valence-electron chi connectivity index (χ4n) is 9.82. The predicted molar refractivity (Wildman–Crippen MR) is 205 cm³/mol. The third-order valence-corrected chi connectivity index (χ3v) is 27.3. The first-order valence-corrected chi connectivity index (χ1v) is 25.7. The molecule has 0 saturated carbocycles. The van der Waals surface area contributed by atoms with Crippen molar-refractivity contribution in [2.45, 2.75) is 87.2 Å². The number of carbonyl (C=O) groups excluding carboxylic acids is 4. The van der Waals surface area contributed by atoms with Gasteiger partial charge >= 0.3 is 304 Å². The van der Waals surface area contributed by atoms with Gasteiger partial charge in [-0.15, -0.1) is 0 Å². The van der Waals surface area contributed by atoms with E-state index in [-0.39, 0.29) is 48.9 Å². The molecule has 264 valence electrons. The fourth-order valence-corrected chi connectivity index (χ4v) is 26.5. The quantitative estimate of drug-likeness (QED) is 0.0509. The van der Waals surface area contributed by atoms with Gasteiger partial charge in [0.25, 0.3) is 0 Å². The Balaban J connectivity index is 1.53. The monoisotopic (exact) mass is 794 g/mol. The van der Waals surface area contributed by atoms with Crippen LogP contribution >= 0.6 is 0 Å². The first kappa shape index (κ1) is 34.5. The van der Waals surface area contributed by atoms with Crippen LogP contribution in [-0.4, -0.2) is 91.3 Å². The van der Waals surface area contributed by atoms with Crippen molar-refractivity contribution in [2.24, 2.45) is 0 Å². The molecule has 4 amide bonds. The van der Waals surface area contributed by atoms with Crippen LogP contribution in [0.3, 0.4) is 0 Å². The number of ether oxygens (including phenoxy) is 2. The molecule has 8 nitrogen and oxygen atoms in total. The Morgan fingerprint density at radius 2 is 0.941 bits per heavy atom. The van der Waals surface area contributed by atoms with Crippen LogP contribution < -0.4 is 7.16 Å². The summed E-state index contributed by atoms with van der Waals surface area (Å²) < 4.78 is 15.8. The van der Waals surface area contributed by atoms with Gasteiger partial charge in [0, 0.05) is 0 Å². The van der Waals surface area contributed by atoms with E-state index < -0.39 is 18.4 Å². The number of carbonyl (C=O) groups is 4. The molecule has 5 aromatic carbocycles. The average Bonchev–Trinajstić information content (AvgIpc) is 3.42. The molecular weight excluding hydrogens is 747 g/mol. The molecule has 0 fully saturated rings. The zero-order chi connectivity index (χ0) is 35.9. The first-order chi connectivity index (χ1) is 24.7. The number of benzene rings is 5. The number of methoxy groups -OCH3 is 2. The van der Waals surface area contributed by atoms with Crippen LogP contribution in [0.1, 0.15) is 108 Å². The van der Waals surface area contributed by atoms with Gasteiger partial charge in [0.1, 0.15) is 0 Å². The molecule has 3 heterocycles. The zero-order valence-corrected chi connectivity index (χ0v) is 33.4. The first-order valence-electron chi connectivity index (χ1n) is 18.8. The molecule has 3 aliphatic rings. The molecule has 0 aromatic heterocycles. The summed E-state index contributed by atoms with van der Waals surface area (Å²) in [5.41, 5.74) is 2.33. The molecule has 51 heavy (non-hydrogen) atoms. The second-order valence-electron chi connectivity index (χ2n) is 14.8. The molecule has 9 heteroatoms. The van der Waals surface area contributed by atoms with Crippen LogP contribution in [0.15, 0.2) is 36.4 Å². The normalized spacial score (nSPS) is 17.5. The number of amides is 4. The summed E-state index contributed by atoms with van der Waals surface area (Å²) in [5, 5.41) is 7.72. The van der Waals surface area contributed by atoms with Crippen LogP contribution in [0, 0.1) is 0 Å². The van der Waals surface area contributed by atoms with Crippen molar-refractivity contribution in [3.05, 3.63) is 58.7 Å². The molecule has 0 spiro atoms. The minimum atomic E-state index is -3.71. The maximum absolute atomic E-state index is 14.7. The molecule has 2 unspecified atom stereocenters. The Morgan fingerprint density at radius 1 is 0.549 bits per heavy atom. The van der Waals surface area contributed by atoms with Gasteiger partial charge in [0.05, 0.1) is 0 Å². The van der Waals surface area contributed by atoms with Crippen LogP contribution in [0.5, 0.6) is 0 Å². The van der Waals surface area contributed by atoms with E-state index >= 15 is 0 Å². The van der Waals surface area contributed by atoms with Crippen molar-refractivity contribution in [1.82, 2.24) is 9.80 Å². The Labute approximate surface area is 302 Å². The van der Waals surface area contributed by atoms with Crippen molar-refractivity contribution in [2.75, 3.05) is 27.4 Å². The SMILES string of the molecule is CCC[CH2][Sn]1([CH2]CCC)[c]2cc3c4c(ccc5c6ccc7c8c(c[c]1c(c2c45)c86)C(=O)N(C(CC)COC)C7=O)C(=O)N(C(CC)COC)C3=O. The summed E-state index contributed by atoms with van der Waals surface area (Å²) in [6, 6.07) is 11.5. The number of hydrogen-bond donors (Lipinski definition) is 0. The molecule has 0 bridgehead atoms. The van der Waals surface area contributed by atoms with E-state index in [0.717, 1.165) is 77.6 Å². The summed E-state index contributed by atoms with van der Waals surface area (Å²) in [5.74, 6) is -1.05. The number of fused-ring (bicyclic) bond motifs is 1. The Morgan fingerprint density at radius 3 is 1.29 bits per heavy atom. The number of hydrogen-bond acceptors (Lipinski definition) is 6. The van der Waals surface area contributed by atoms with Crippen LogP contribution in [0.2, 0.25) is 8.87 Å². The molecule has 0 saturated heterocycles. The molecule has 0 radical (unpaired) electrons. The van der Waals surface area contributed by atoms with Gasteiger partial charge in [-0.05, 0) is 0 Å². The second kappa shape index (κ2) is 12.8. The number of rotatable bonds is 14. The third-order valence-electron chi connectivity index (χ3n) is 12.2. The van der Waals surface area contributed by atoms with E-state index in [1.54, 1.807) is 14.2 Å². The van der Waals surface area contributed by atoms with Gasteiger partial charge in [-0.1, -0.05) is 0 Å². The molecule has 0 aliphatic carbocycles. The van der Waals surface area contributed by atoms with E-state index in [4.69, 9.17) is 9.47 Å². The number of imide groups is 2. The predicted octanol–water partition coefficient (Wildman–Crippen LogP) is 7.26. The second-order valence-corrected chi connectivity index (χ2v) is 26.9. The van der Waals surface area contributed by atoms with Gasteiger partial charge in [0.2, 0.25) is 0 Å². The minimum absolute atomic E-state index is 0.247. The van der Waals surface area contributed by atoms with E-state index in [9.17, 15) is 19.2 Å². The molecule has 3 aliphatic heterocycles. The Hall–Kier alpha value is -3.60. The van der Waals surface area contributed by atoms with Crippen molar-refractivity contribution in [3.8, 4) is 0 Å². The van der Waals surface area contributed by atoms with Crippen molar-refractivity contribution in [3.63, 3.8) is 0 Å². The Bertz CT molecular complexity index is 2150. The zero-order valence-electron chi connectivity index (χ0n) is 30.5. The molecule has 5 aromatic rings. The number of nitrogens with zero attached hydrogens (tertiary/aromatic N) is 2. The topological polar surface area (TPSA) is 93.2 Å². The summed E-state index contributed by atoms with van der Waals surface area (Å²) in [6.07, 6.45) is 5.42. The summed E-state index contributed by atoms with van der Waals surface area (Å²) in [4.78, 5) is 60.9.